The van der Waals surface area contributed by atoms with Crippen molar-refractivity contribution in [3.8, 4) is 90.6 Å². The van der Waals surface area contributed by atoms with Gasteiger partial charge in [0.25, 0.3) is 0 Å². The summed E-state index contributed by atoms with van der Waals surface area (Å²) >= 11 is 1.80. The van der Waals surface area contributed by atoms with Gasteiger partial charge in [0.1, 0.15) is 0 Å². The van der Waals surface area contributed by atoms with Gasteiger partial charge in [0, 0.05) is 59.1 Å². The molecule has 0 spiro atoms. The van der Waals surface area contributed by atoms with Gasteiger partial charge in [0.05, 0.1) is 0 Å². The molecular weight excluding hydrogens is 765 g/mol. The Labute approximate surface area is 356 Å². The van der Waals surface area contributed by atoms with Gasteiger partial charge in [0.15, 0.2) is 34.9 Å². The highest BCUT2D eigenvalue weighted by molar-refractivity contribution is 7.26. The number of aromatic nitrogens is 6. The van der Waals surface area contributed by atoms with Gasteiger partial charge in [0.2, 0.25) is 0 Å². The highest BCUT2D eigenvalue weighted by Crippen LogP contribution is 2.44. The third-order valence-corrected chi connectivity index (χ3v) is 12.0. The molecule has 0 saturated heterocycles. The molecule has 0 amide bonds. The summed E-state index contributed by atoms with van der Waals surface area (Å²) in [5, 5.41) is 2.34. The van der Waals surface area contributed by atoms with Crippen molar-refractivity contribution < 1.29 is 0 Å². The van der Waals surface area contributed by atoms with Gasteiger partial charge in [-0.05, 0) is 41.0 Å². The Morgan fingerprint density at radius 3 is 1.00 bits per heavy atom. The third-order valence-electron chi connectivity index (χ3n) is 10.8. The molecule has 0 atom stereocenters. The van der Waals surface area contributed by atoms with Crippen LogP contribution in [0.4, 0.5) is 0 Å². The van der Waals surface area contributed by atoms with E-state index in [1.807, 2.05) is 121 Å². The molecule has 0 fully saturated rings. The minimum atomic E-state index is 0.609. The van der Waals surface area contributed by atoms with E-state index in [0.29, 0.717) is 34.9 Å². The topological polar surface area (TPSA) is 77.3 Å². The van der Waals surface area contributed by atoms with E-state index in [2.05, 4.69) is 84.9 Å². The second-order valence-electron chi connectivity index (χ2n) is 14.7. The van der Waals surface area contributed by atoms with E-state index < -0.39 is 0 Å². The van der Waals surface area contributed by atoms with Crippen LogP contribution in [0.5, 0.6) is 0 Å². The maximum absolute atomic E-state index is 5.15. The van der Waals surface area contributed by atoms with E-state index in [1.54, 1.807) is 11.3 Å². The predicted octanol–water partition coefficient (Wildman–Crippen LogP) is 13.8. The zero-order valence-corrected chi connectivity index (χ0v) is 33.5. The Hall–Kier alpha value is -8.00. The first-order chi connectivity index (χ1) is 30.2. The van der Waals surface area contributed by atoms with Crippen molar-refractivity contribution in [3.05, 3.63) is 206 Å². The number of fused-ring (bicyclic) bond motifs is 3. The molecule has 7 heteroatoms. The summed E-state index contributed by atoms with van der Waals surface area (Å²) in [5.74, 6) is 3.73. The van der Waals surface area contributed by atoms with E-state index in [9.17, 15) is 0 Å². The molecule has 286 valence electrons. The number of hydrogen-bond acceptors (Lipinski definition) is 7. The van der Waals surface area contributed by atoms with Crippen molar-refractivity contribution in [2.45, 2.75) is 0 Å². The molecule has 0 N–H and O–H groups in total. The zero-order chi connectivity index (χ0) is 40.5. The lowest BCUT2D eigenvalue weighted by atomic mass is 9.97. The van der Waals surface area contributed by atoms with E-state index in [1.165, 1.54) is 25.9 Å². The van der Waals surface area contributed by atoms with Crippen molar-refractivity contribution in [2.24, 2.45) is 0 Å². The highest BCUT2D eigenvalue weighted by atomic mass is 32.1. The number of benzene rings is 8. The van der Waals surface area contributed by atoms with Crippen LogP contribution in [-0.2, 0) is 0 Å². The molecule has 11 rings (SSSR count). The average Bonchev–Trinajstić information content (AvgIpc) is 3.73. The lowest BCUT2D eigenvalue weighted by Crippen LogP contribution is -2.00. The van der Waals surface area contributed by atoms with Crippen LogP contribution in [-0.4, -0.2) is 29.9 Å². The summed E-state index contributed by atoms with van der Waals surface area (Å²) in [4.78, 5) is 30.2. The van der Waals surface area contributed by atoms with Crippen molar-refractivity contribution in [1.82, 2.24) is 29.9 Å². The number of rotatable bonds is 8. The molecule has 0 aliphatic rings. The average molecular weight is 799 g/mol. The molecule has 8 aromatic carbocycles. The predicted molar refractivity (Wildman–Crippen MR) is 250 cm³/mol. The monoisotopic (exact) mass is 798 g/mol. The van der Waals surface area contributed by atoms with E-state index >= 15 is 0 Å². The summed E-state index contributed by atoms with van der Waals surface area (Å²) in [7, 11) is 0. The Morgan fingerprint density at radius 2 is 0.574 bits per heavy atom. The van der Waals surface area contributed by atoms with Crippen LogP contribution in [0, 0.1) is 0 Å². The number of hydrogen-bond donors (Lipinski definition) is 0. The maximum Gasteiger partial charge on any atom is 0.164 e. The van der Waals surface area contributed by atoms with Crippen LogP contribution in [0.2, 0.25) is 0 Å². The summed E-state index contributed by atoms with van der Waals surface area (Å²) in [6.07, 6.45) is 0. The quantitative estimate of drug-likeness (QED) is 0.152. The van der Waals surface area contributed by atoms with Gasteiger partial charge < -0.3 is 0 Å². The summed E-state index contributed by atoms with van der Waals surface area (Å²) in [6, 6.07) is 70.7. The lowest BCUT2D eigenvalue weighted by molar-refractivity contribution is 1.07. The van der Waals surface area contributed by atoms with Crippen LogP contribution in [0.1, 0.15) is 0 Å². The van der Waals surface area contributed by atoms with Gasteiger partial charge in [-0.25, -0.2) is 29.9 Å². The molecule has 11 aromatic rings. The SMILES string of the molecule is c1ccc(-c2ccc3sc4c(-c5ccc(-c6nc(-c7ccccc7)nc(-c7ccccc7)n6)cc5)cc(-c5nc(-c6ccccc6)nc(-c6ccccc6)n5)cc4c3c2)cc1. The Balaban J connectivity index is 1.09. The van der Waals surface area contributed by atoms with Gasteiger partial charge in [-0.1, -0.05) is 182 Å². The van der Waals surface area contributed by atoms with Crippen LogP contribution in [0.3, 0.4) is 0 Å². The first-order valence-corrected chi connectivity index (χ1v) is 20.9. The number of thiophene rings is 1. The van der Waals surface area contributed by atoms with Crippen molar-refractivity contribution in [3.63, 3.8) is 0 Å². The molecular formula is C54H34N6S. The molecule has 0 radical (unpaired) electrons. The Morgan fingerprint density at radius 1 is 0.246 bits per heavy atom. The second-order valence-corrected chi connectivity index (χ2v) is 15.8. The number of nitrogens with zero attached hydrogens (tertiary/aromatic N) is 6. The molecule has 3 heterocycles. The van der Waals surface area contributed by atoms with E-state index in [-0.39, 0.29) is 0 Å². The Kier molecular flexibility index (Phi) is 9.26. The summed E-state index contributed by atoms with van der Waals surface area (Å²) in [6.45, 7) is 0. The van der Waals surface area contributed by atoms with Crippen LogP contribution in [0.15, 0.2) is 206 Å². The molecule has 61 heavy (non-hydrogen) atoms. The van der Waals surface area contributed by atoms with Crippen molar-refractivity contribution >= 4 is 31.5 Å². The van der Waals surface area contributed by atoms with Crippen LogP contribution < -0.4 is 0 Å². The molecule has 0 unspecified atom stereocenters. The first-order valence-electron chi connectivity index (χ1n) is 20.1. The fourth-order valence-corrected chi connectivity index (χ4v) is 8.91. The van der Waals surface area contributed by atoms with E-state index in [4.69, 9.17) is 29.9 Å². The van der Waals surface area contributed by atoms with Gasteiger partial charge in [-0.2, -0.15) is 0 Å². The normalized spacial score (nSPS) is 11.3. The maximum atomic E-state index is 5.15. The summed E-state index contributed by atoms with van der Waals surface area (Å²) in [5.41, 5.74) is 10.0. The zero-order valence-electron chi connectivity index (χ0n) is 32.7. The smallest absolute Gasteiger partial charge is 0.164 e. The first kappa shape index (κ1) is 36.1. The third kappa shape index (κ3) is 7.13. The molecule has 0 saturated carbocycles. The Bertz CT molecular complexity index is 3210. The summed E-state index contributed by atoms with van der Waals surface area (Å²) < 4.78 is 2.40. The molecule has 6 nitrogen and oxygen atoms in total. The van der Waals surface area contributed by atoms with Gasteiger partial charge >= 0.3 is 0 Å². The van der Waals surface area contributed by atoms with Gasteiger partial charge in [-0.15, -0.1) is 11.3 Å². The van der Waals surface area contributed by atoms with Crippen molar-refractivity contribution in [2.75, 3.05) is 0 Å². The van der Waals surface area contributed by atoms with Gasteiger partial charge in [-0.3, -0.25) is 0 Å². The largest absolute Gasteiger partial charge is 0.208 e. The van der Waals surface area contributed by atoms with Crippen molar-refractivity contribution in [1.29, 1.82) is 0 Å². The second kappa shape index (κ2) is 15.6. The standard InChI is InChI=1S/C54H34N6S/c1-6-16-35(17-7-1)42-30-31-47-45(32-42)46-34-43(54-59-51(39-22-12-4-13-23-39)56-52(60-54)40-24-14-5-15-25-40)33-44(48(46)61-47)36-26-28-41(29-27-36)53-57-49(37-18-8-2-9-19-37)55-50(58-53)38-20-10-3-11-21-38/h1-34H. The minimum Gasteiger partial charge on any atom is -0.208 e. The molecule has 0 aliphatic carbocycles. The molecule has 0 bridgehead atoms. The van der Waals surface area contributed by atoms with Crippen LogP contribution >= 0.6 is 11.3 Å². The minimum absolute atomic E-state index is 0.609. The lowest BCUT2D eigenvalue weighted by Gasteiger charge is -2.12. The molecule has 3 aromatic heterocycles. The fourth-order valence-electron chi connectivity index (χ4n) is 7.71. The highest BCUT2D eigenvalue weighted by Gasteiger charge is 2.19. The van der Waals surface area contributed by atoms with Crippen LogP contribution in [0.25, 0.3) is 111 Å². The van der Waals surface area contributed by atoms with E-state index in [0.717, 1.165) is 49.9 Å². The fraction of sp³-hybridized carbons (Fsp3) is 0. The molecule has 0 aliphatic heterocycles.